The Bertz CT molecular complexity index is 691. The predicted octanol–water partition coefficient (Wildman–Crippen LogP) is 3.71. The number of furan rings is 1. The van der Waals surface area contributed by atoms with Gasteiger partial charge in [0.1, 0.15) is 17.1 Å². The Morgan fingerprint density at radius 3 is 2.50 bits per heavy atom. The van der Waals surface area contributed by atoms with Crippen molar-refractivity contribution in [2.24, 2.45) is 0 Å². The molecule has 0 aliphatic heterocycles. The number of aryl methyl sites for hydroxylation is 2. The summed E-state index contributed by atoms with van der Waals surface area (Å²) in [5.41, 5.74) is 1.40. The van der Waals surface area contributed by atoms with Gasteiger partial charge in [-0.2, -0.15) is 0 Å². The van der Waals surface area contributed by atoms with Gasteiger partial charge in [0.15, 0.2) is 6.61 Å². The van der Waals surface area contributed by atoms with E-state index in [4.69, 9.17) is 9.15 Å². The van der Waals surface area contributed by atoms with E-state index in [1.807, 2.05) is 30.3 Å². The zero-order valence-corrected chi connectivity index (χ0v) is 14.3. The Labute approximate surface area is 142 Å². The number of rotatable bonds is 7. The number of nitrogens with one attached hydrogen (secondary N) is 1. The van der Waals surface area contributed by atoms with Gasteiger partial charge in [0.05, 0.1) is 6.04 Å². The molecular formula is C19H23NO4. The van der Waals surface area contributed by atoms with Gasteiger partial charge >= 0.3 is 5.97 Å². The van der Waals surface area contributed by atoms with Gasteiger partial charge in [0, 0.05) is 0 Å². The number of carbonyl (C=O) groups is 2. The molecule has 128 valence electrons. The van der Waals surface area contributed by atoms with Crippen molar-refractivity contribution in [1.29, 1.82) is 0 Å². The third-order valence-electron chi connectivity index (χ3n) is 3.71. The molecule has 1 aromatic carbocycles. The number of amides is 1. The van der Waals surface area contributed by atoms with Gasteiger partial charge in [-0.1, -0.05) is 43.7 Å². The molecule has 24 heavy (non-hydrogen) atoms. The van der Waals surface area contributed by atoms with Crippen molar-refractivity contribution in [2.45, 2.75) is 39.7 Å². The number of hydrogen-bond donors (Lipinski definition) is 1. The first-order chi connectivity index (χ1) is 11.5. The molecule has 1 amide bonds. The maximum Gasteiger partial charge on any atom is 0.342 e. The Morgan fingerprint density at radius 2 is 1.92 bits per heavy atom. The van der Waals surface area contributed by atoms with Crippen molar-refractivity contribution in [3.8, 4) is 0 Å². The molecule has 1 heterocycles. The number of esters is 1. The van der Waals surface area contributed by atoms with E-state index in [1.54, 1.807) is 19.9 Å². The van der Waals surface area contributed by atoms with Crippen LogP contribution in [-0.2, 0) is 9.53 Å². The van der Waals surface area contributed by atoms with Gasteiger partial charge in [0.25, 0.3) is 5.91 Å². The molecule has 0 saturated carbocycles. The molecule has 0 spiro atoms. The number of benzene rings is 1. The highest BCUT2D eigenvalue weighted by atomic mass is 16.5. The molecule has 0 radical (unpaired) electrons. The summed E-state index contributed by atoms with van der Waals surface area (Å²) in [6.07, 6.45) is 1.76. The smallest absolute Gasteiger partial charge is 0.342 e. The Hall–Kier alpha value is -2.56. The molecule has 5 heteroatoms. The first-order valence-corrected chi connectivity index (χ1v) is 8.09. The van der Waals surface area contributed by atoms with Crippen LogP contribution in [0.4, 0.5) is 0 Å². The fraction of sp³-hybridized carbons (Fsp3) is 0.368. The van der Waals surface area contributed by atoms with Crippen LogP contribution in [0.25, 0.3) is 0 Å². The summed E-state index contributed by atoms with van der Waals surface area (Å²) in [5, 5.41) is 2.92. The van der Waals surface area contributed by atoms with Crippen LogP contribution in [0.1, 0.15) is 53.2 Å². The molecule has 1 aromatic heterocycles. The number of carbonyl (C=O) groups excluding carboxylic acids is 2. The van der Waals surface area contributed by atoms with Crippen LogP contribution in [0.15, 0.2) is 40.8 Å². The van der Waals surface area contributed by atoms with E-state index >= 15 is 0 Å². The lowest BCUT2D eigenvalue weighted by Crippen LogP contribution is -2.32. The zero-order valence-electron chi connectivity index (χ0n) is 14.3. The lowest BCUT2D eigenvalue weighted by Gasteiger charge is -2.18. The van der Waals surface area contributed by atoms with Crippen molar-refractivity contribution >= 4 is 11.9 Å². The van der Waals surface area contributed by atoms with Crippen LogP contribution in [0.2, 0.25) is 0 Å². The van der Waals surface area contributed by atoms with Gasteiger partial charge in [-0.15, -0.1) is 0 Å². The van der Waals surface area contributed by atoms with E-state index in [0.717, 1.165) is 18.4 Å². The minimum Gasteiger partial charge on any atom is -0.466 e. The van der Waals surface area contributed by atoms with Crippen molar-refractivity contribution < 1.29 is 18.7 Å². The average molecular weight is 329 g/mol. The van der Waals surface area contributed by atoms with Crippen LogP contribution >= 0.6 is 0 Å². The molecule has 0 fully saturated rings. The summed E-state index contributed by atoms with van der Waals surface area (Å²) >= 11 is 0. The van der Waals surface area contributed by atoms with Gasteiger partial charge in [-0.3, -0.25) is 4.79 Å². The topological polar surface area (TPSA) is 68.5 Å². The quantitative estimate of drug-likeness (QED) is 0.786. The lowest BCUT2D eigenvalue weighted by molar-refractivity contribution is -0.125. The molecule has 2 aromatic rings. The van der Waals surface area contributed by atoms with Crippen LogP contribution in [0.3, 0.4) is 0 Å². The molecule has 0 aliphatic carbocycles. The second kappa shape index (κ2) is 8.34. The fourth-order valence-corrected chi connectivity index (χ4v) is 2.57. The summed E-state index contributed by atoms with van der Waals surface area (Å²) in [6, 6.07) is 11.3. The van der Waals surface area contributed by atoms with E-state index in [-0.39, 0.29) is 18.6 Å². The highest BCUT2D eigenvalue weighted by molar-refractivity contribution is 5.92. The predicted molar refractivity (Wildman–Crippen MR) is 90.7 cm³/mol. The molecule has 1 N–H and O–H groups in total. The van der Waals surface area contributed by atoms with E-state index in [1.165, 1.54) is 0 Å². The minimum atomic E-state index is -0.550. The average Bonchev–Trinajstić information content (AvgIpc) is 2.91. The van der Waals surface area contributed by atoms with Crippen LogP contribution in [0, 0.1) is 13.8 Å². The fourth-order valence-electron chi connectivity index (χ4n) is 2.57. The maximum absolute atomic E-state index is 12.1. The molecular weight excluding hydrogens is 306 g/mol. The van der Waals surface area contributed by atoms with Crippen LogP contribution in [-0.4, -0.2) is 18.5 Å². The summed E-state index contributed by atoms with van der Waals surface area (Å²) in [7, 11) is 0. The second-order valence-corrected chi connectivity index (χ2v) is 5.72. The number of hydrogen-bond acceptors (Lipinski definition) is 4. The minimum absolute atomic E-state index is 0.0830. The zero-order chi connectivity index (χ0) is 17.5. The Kier molecular flexibility index (Phi) is 6.18. The van der Waals surface area contributed by atoms with Crippen molar-refractivity contribution in [3.63, 3.8) is 0 Å². The highest BCUT2D eigenvalue weighted by Gasteiger charge is 2.18. The van der Waals surface area contributed by atoms with Gasteiger partial charge in [0.2, 0.25) is 0 Å². The van der Waals surface area contributed by atoms with Crippen molar-refractivity contribution in [3.05, 3.63) is 59.0 Å². The van der Waals surface area contributed by atoms with E-state index in [2.05, 4.69) is 12.2 Å². The largest absolute Gasteiger partial charge is 0.466 e. The van der Waals surface area contributed by atoms with Gasteiger partial charge in [-0.25, -0.2) is 4.79 Å². The Balaban J connectivity index is 1.91. The normalized spacial score (nSPS) is 11.8. The first-order valence-electron chi connectivity index (χ1n) is 8.09. The summed E-state index contributed by atoms with van der Waals surface area (Å²) in [4.78, 5) is 24.1. The third-order valence-corrected chi connectivity index (χ3v) is 3.71. The van der Waals surface area contributed by atoms with Crippen molar-refractivity contribution in [2.75, 3.05) is 6.61 Å². The summed E-state index contributed by atoms with van der Waals surface area (Å²) in [6.45, 7) is 5.20. The maximum atomic E-state index is 12.1. The molecule has 0 unspecified atom stereocenters. The van der Waals surface area contributed by atoms with Crippen molar-refractivity contribution in [1.82, 2.24) is 5.32 Å². The van der Waals surface area contributed by atoms with E-state index < -0.39 is 5.97 Å². The molecule has 0 bridgehead atoms. The summed E-state index contributed by atoms with van der Waals surface area (Å²) in [5.74, 6) is 0.261. The van der Waals surface area contributed by atoms with Gasteiger partial charge < -0.3 is 14.5 Å². The molecule has 0 aliphatic rings. The molecule has 2 rings (SSSR count). The molecule has 0 saturated heterocycles. The lowest BCUT2D eigenvalue weighted by atomic mass is 10.0. The molecule has 1 atom stereocenters. The van der Waals surface area contributed by atoms with E-state index in [9.17, 15) is 9.59 Å². The Morgan fingerprint density at radius 1 is 1.21 bits per heavy atom. The van der Waals surface area contributed by atoms with Crippen LogP contribution in [0.5, 0.6) is 0 Å². The van der Waals surface area contributed by atoms with E-state index in [0.29, 0.717) is 17.1 Å². The van der Waals surface area contributed by atoms with Gasteiger partial charge in [-0.05, 0) is 31.9 Å². The summed E-state index contributed by atoms with van der Waals surface area (Å²) < 4.78 is 10.4. The highest BCUT2D eigenvalue weighted by Crippen LogP contribution is 2.18. The van der Waals surface area contributed by atoms with Crippen LogP contribution < -0.4 is 5.32 Å². The SMILES string of the molecule is CCC[C@@H](NC(=O)COC(=O)c1cc(C)oc1C)c1ccccc1. The molecule has 5 nitrogen and oxygen atoms in total. The standard InChI is InChI=1S/C19H23NO4/c1-4-8-17(15-9-6-5-7-10-15)20-18(21)12-23-19(22)16-11-13(2)24-14(16)3/h5-7,9-11,17H,4,8,12H2,1-3H3,(H,20,21)/t17-/m1/s1. The number of ether oxygens (including phenoxy) is 1. The third kappa shape index (κ3) is 4.72. The first kappa shape index (κ1) is 17.8. The second-order valence-electron chi connectivity index (χ2n) is 5.72. The monoisotopic (exact) mass is 329 g/mol.